The first-order chi connectivity index (χ1) is 9.88. The normalized spacial score (nSPS) is 12.2. The zero-order valence-corrected chi connectivity index (χ0v) is 12.7. The molecule has 0 saturated heterocycles. The molecule has 2 aromatic rings. The molecule has 112 valence electrons. The Labute approximate surface area is 126 Å². The van der Waals surface area contributed by atoms with E-state index >= 15 is 0 Å². The van der Waals surface area contributed by atoms with Crippen LogP contribution in [0.15, 0.2) is 10.6 Å². The quantitative estimate of drug-likeness (QED) is 0.873. The summed E-state index contributed by atoms with van der Waals surface area (Å²) in [6.45, 7) is 5.70. The van der Waals surface area contributed by atoms with E-state index in [2.05, 4.69) is 20.7 Å². The highest BCUT2D eigenvalue weighted by atomic mass is 35.5. The van der Waals surface area contributed by atoms with Crippen molar-refractivity contribution in [2.24, 2.45) is 5.73 Å². The summed E-state index contributed by atoms with van der Waals surface area (Å²) in [5.74, 6) is 0.475. The lowest BCUT2D eigenvalue weighted by Gasteiger charge is -2.15. The molecule has 3 N–H and O–H groups in total. The van der Waals surface area contributed by atoms with Crippen LogP contribution in [0.2, 0.25) is 5.15 Å². The van der Waals surface area contributed by atoms with Crippen LogP contribution in [0.1, 0.15) is 34.3 Å². The van der Waals surface area contributed by atoms with E-state index in [1.807, 2.05) is 20.8 Å². The number of nitrogens with zero attached hydrogens (tertiary/aromatic N) is 3. The molecular formula is C13H16ClN5O2. The van der Waals surface area contributed by atoms with E-state index in [9.17, 15) is 4.79 Å². The van der Waals surface area contributed by atoms with Crippen LogP contribution in [0.4, 0.5) is 5.82 Å². The molecule has 0 aliphatic rings. The number of anilines is 1. The van der Waals surface area contributed by atoms with Crippen LogP contribution < -0.4 is 11.1 Å². The second kappa shape index (κ2) is 6.09. The summed E-state index contributed by atoms with van der Waals surface area (Å²) in [5.41, 5.74) is 7.39. The zero-order chi connectivity index (χ0) is 15.6. The third-order valence-electron chi connectivity index (χ3n) is 3.10. The van der Waals surface area contributed by atoms with Crippen molar-refractivity contribution in [2.45, 2.75) is 33.2 Å². The molecule has 0 aromatic carbocycles. The van der Waals surface area contributed by atoms with Crippen LogP contribution in [0, 0.1) is 13.8 Å². The minimum atomic E-state index is -0.612. The number of carbonyl (C=O) groups excluding carboxylic acids is 1. The molecule has 8 heteroatoms. The number of aryl methyl sites for hydroxylation is 2. The lowest BCUT2D eigenvalue weighted by molar-refractivity contribution is 0.100. The van der Waals surface area contributed by atoms with Crippen molar-refractivity contribution in [1.29, 1.82) is 0 Å². The van der Waals surface area contributed by atoms with Crippen LogP contribution in [0.5, 0.6) is 0 Å². The largest absolute Gasteiger partial charge is 0.365 e. The summed E-state index contributed by atoms with van der Waals surface area (Å²) in [5, 5.41) is 14.7. The van der Waals surface area contributed by atoms with E-state index < -0.39 is 5.91 Å². The molecule has 2 heterocycles. The molecule has 1 unspecified atom stereocenters. The van der Waals surface area contributed by atoms with Crippen molar-refractivity contribution in [3.05, 3.63) is 33.8 Å². The van der Waals surface area contributed by atoms with Gasteiger partial charge in [-0.05, 0) is 33.3 Å². The molecule has 0 bridgehead atoms. The van der Waals surface area contributed by atoms with Gasteiger partial charge >= 0.3 is 0 Å². The number of amides is 1. The molecule has 1 atom stereocenters. The van der Waals surface area contributed by atoms with Crippen LogP contribution >= 0.6 is 11.6 Å². The van der Waals surface area contributed by atoms with E-state index in [0.717, 1.165) is 17.0 Å². The molecule has 21 heavy (non-hydrogen) atoms. The summed E-state index contributed by atoms with van der Waals surface area (Å²) in [6, 6.07) is 1.37. The molecule has 7 nitrogen and oxygen atoms in total. The number of rotatable bonds is 5. The molecule has 2 rings (SSSR count). The summed E-state index contributed by atoms with van der Waals surface area (Å²) < 4.78 is 5.13. The van der Waals surface area contributed by atoms with Crippen LogP contribution in [0.3, 0.4) is 0 Å². The van der Waals surface area contributed by atoms with Crippen molar-refractivity contribution in [1.82, 2.24) is 15.4 Å². The van der Waals surface area contributed by atoms with Gasteiger partial charge in [-0.3, -0.25) is 4.79 Å². The maximum atomic E-state index is 11.4. The van der Waals surface area contributed by atoms with Crippen molar-refractivity contribution in [2.75, 3.05) is 5.32 Å². The first-order valence-electron chi connectivity index (χ1n) is 6.39. The SMILES string of the molecule is Cc1noc(C)c1CC(C)Nc1nnc(Cl)cc1C(N)=O. The Morgan fingerprint density at radius 2 is 2.19 bits per heavy atom. The van der Waals surface area contributed by atoms with Gasteiger partial charge in [-0.25, -0.2) is 0 Å². The average Bonchev–Trinajstić information content (AvgIpc) is 2.72. The first-order valence-corrected chi connectivity index (χ1v) is 6.77. The number of aromatic nitrogens is 3. The van der Waals surface area contributed by atoms with E-state index in [4.69, 9.17) is 21.9 Å². The predicted molar refractivity (Wildman–Crippen MR) is 78.3 cm³/mol. The van der Waals surface area contributed by atoms with Crippen LogP contribution in [0.25, 0.3) is 0 Å². The van der Waals surface area contributed by atoms with Gasteiger partial charge in [0.05, 0.1) is 11.3 Å². The van der Waals surface area contributed by atoms with Crippen molar-refractivity contribution in [3.8, 4) is 0 Å². The van der Waals surface area contributed by atoms with E-state index in [1.165, 1.54) is 6.07 Å². The van der Waals surface area contributed by atoms with Crippen molar-refractivity contribution < 1.29 is 9.32 Å². The Kier molecular flexibility index (Phi) is 4.42. The Hall–Kier alpha value is -2.15. The van der Waals surface area contributed by atoms with Gasteiger partial charge in [0.1, 0.15) is 5.76 Å². The third-order valence-corrected chi connectivity index (χ3v) is 3.29. The topological polar surface area (TPSA) is 107 Å². The fraction of sp³-hybridized carbons (Fsp3) is 0.385. The Morgan fingerprint density at radius 1 is 1.48 bits per heavy atom. The highest BCUT2D eigenvalue weighted by Crippen LogP contribution is 2.19. The molecule has 2 aromatic heterocycles. The van der Waals surface area contributed by atoms with E-state index in [-0.39, 0.29) is 16.8 Å². The number of hydrogen-bond donors (Lipinski definition) is 2. The van der Waals surface area contributed by atoms with Gasteiger partial charge in [0, 0.05) is 11.6 Å². The minimum Gasteiger partial charge on any atom is -0.365 e. The number of halogens is 1. The van der Waals surface area contributed by atoms with E-state index in [0.29, 0.717) is 12.2 Å². The van der Waals surface area contributed by atoms with Gasteiger partial charge < -0.3 is 15.6 Å². The van der Waals surface area contributed by atoms with Crippen molar-refractivity contribution >= 4 is 23.3 Å². The lowest BCUT2D eigenvalue weighted by atomic mass is 10.1. The summed E-state index contributed by atoms with van der Waals surface area (Å²) in [4.78, 5) is 11.4. The van der Waals surface area contributed by atoms with Gasteiger partial charge in [-0.2, -0.15) is 0 Å². The molecule has 0 saturated carbocycles. The number of nitrogens with one attached hydrogen (secondary N) is 1. The van der Waals surface area contributed by atoms with E-state index in [1.54, 1.807) is 0 Å². The van der Waals surface area contributed by atoms with Crippen molar-refractivity contribution in [3.63, 3.8) is 0 Å². The second-order valence-corrected chi connectivity index (χ2v) is 5.23. The summed E-state index contributed by atoms with van der Waals surface area (Å²) >= 11 is 5.72. The highest BCUT2D eigenvalue weighted by Gasteiger charge is 2.17. The van der Waals surface area contributed by atoms with Gasteiger partial charge in [-0.1, -0.05) is 16.8 Å². The monoisotopic (exact) mass is 309 g/mol. The van der Waals surface area contributed by atoms with Crippen LogP contribution in [-0.2, 0) is 6.42 Å². The molecule has 0 radical (unpaired) electrons. The predicted octanol–water partition coefficient (Wildman–Crippen LogP) is 1.88. The fourth-order valence-electron chi connectivity index (χ4n) is 2.05. The molecule has 0 aliphatic carbocycles. The highest BCUT2D eigenvalue weighted by molar-refractivity contribution is 6.29. The molecule has 0 fully saturated rings. The fourth-order valence-corrected chi connectivity index (χ4v) is 2.19. The summed E-state index contributed by atoms with van der Waals surface area (Å²) in [6.07, 6.45) is 0.670. The number of primary amides is 1. The Balaban J connectivity index is 2.17. The number of carbonyl (C=O) groups is 1. The summed E-state index contributed by atoms with van der Waals surface area (Å²) in [7, 11) is 0. The molecule has 0 aliphatic heterocycles. The Bertz CT molecular complexity index is 651. The average molecular weight is 310 g/mol. The maximum absolute atomic E-state index is 11.4. The molecular weight excluding hydrogens is 294 g/mol. The minimum absolute atomic E-state index is 0.0182. The van der Waals surface area contributed by atoms with Gasteiger partial charge in [0.2, 0.25) is 0 Å². The number of nitrogens with two attached hydrogens (primary N) is 1. The first kappa shape index (κ1) is 15.2. The standard InChI is InChI=1S/C13H16ClN5O2/c1-6(4-9-7(2)19-21-8(9)3)16-13-10(12(15)20)5-11(14)17-18-13/h5-6H,4H2,1-3H3,(H2,15,20)(H,16,18). The van der Waals surface area contributed by atoms with Gasteiger partial charge in [0.15, 0.2) is 11.0 Å². The second-order valence-electron chi connectivity index (χ2n) is 4.85. The maximum Gasteiger partial charge on any atom is 0.252 e. The molecule has 0 spiro atoms. The lowest BCUT2D eigenvalue weighted by Crippen LogP contribution is -2.23. The van der Waals surface area contributed by atoms with Gasteiger partial charge in [-0.15, -0.1) is 10.2 Å². The number of hydrogen-bond acceptors (Lipinski definition) is 6. The molecule has 1 amide bonds. The smallest absolute Gasteiger partial charge is 0.252 e. The van der Waals surface area contributed by atoms with Gasteiger partial charge in [0.25, 0.3) is 5.91 Å². The Morgan fingerprint density at radius 3 is 2.76 bits per heavy atom. The zero-order valence-electron chi connectivity index (χ0n) is 12.0. The third kappa shape index (κ3) is 3.49. The van der Waals surface area contributed by atoms with Crippen LogP contribution in [-0.4, -0.2) is 27.3 Å².